The van der Waals surface area contributed by atoms with E-state index in [1.165, 1.54) is 56.9 Å². The van der Waals surface area contributed by atoms with Gasteiger partial charge in [0.25, 0.3) is 0 Å². The number of nitrogens with zero attached hydrogens (tertiary/aromatic N) is 2. The normalized spacial score (nSPS) is 15.9. The van der Waals surface area contributed by atoms with Gasteiger partial charge in [-0.1, -0.05) is 198 Å². The van der Waals surface area contributed by atoms with E-state index in [-0.39, 0.29) is 38.8 Å². The summed E-state index contributed by atoms with van der Waals surface area (Å²) in [6.45, 7) is 46.2. The van der Waals surface area contributed by atoms with Gasteiger partial charge in [-0.05, 0) is 81.2 Å². The predicted octanol–water partition coefficient (Wildman–Crippen LogP) is 17.1. The Morgan fingerprint density at radius 3 is 1.98 bits per heavy atom. The van der Waals surface area contributed by atoms with Crippen molar-refractivity contribution < 1.29 is 32.7 Å². The second kappa shape index (κ2) is 45.3. The second-order valence-electron chi connectivity index (χ2n) is 15.0. The number of unbranched alkanes of at least 4 members (excludes halogenated alkanes) is 6. The van der Waals surface area contributed by atoms with E-state index in [0.29, 0.717) is 18.0 Å². The number of nitrogens with two attached hydrogens (primary N) is 1. The summed E-state index contributed by atoms with van der Waals surface area (Å²) in [7, 11) is 0. The van der Waals surface area contributed by atoms with Crippen molar-refractivity contribution in [1.29, 1.82) is 0 Å². The van der Waals surface area contributed by atoms with Gasteiger partial charge in [0.05, 0.1) is 0 Å². The summed E-state index contributed by atoms with van der Waals surface area (Å²) >= 11 is 0. The molecule has 5 nitrogen and oxygen atoms in total. The average Bonchev–Trinajstić information content (AvgIpc) is 3.18. The van der Waals surface area contributed by atoms with Crippen molar-refractivity contribution in [3.05, 3.63) is 151 Å². The molecule has 4 N–H and O–H groups in total. The number of nitrogens with one attached hydrogen (secondary N) is 2. The third-order valence-electron chi connectivity index (χ3n) is 8.13. The summed E-state index contributed by atoms with van der Waals surface area (Å²) in [5.74, 6) is 1.28. The largest absolute Gasteiger partial charge is 0.703 e. The number of hydrazone groups is 1. The molecule has 1 aliphatic carbocycles. The summed E-state index contributed by atoms with van der Waals surface area (Å²) in [6, 6.07) is 8.15. The fourth-order valence-electron chi connectivity index (χ4n) is 4.61. The van der Waals surface area contributed by atoms with Gasteiger partial charge in [0.1, 0.15) is 0 Å². The van der Waals surface area contributed by atoms with Crippen LogP contribution in [0.1, 0.15) is 164 Å². The number of hydrogen-bond acceptors (Lipinski definition) is 3. The van der Waals surface area contributed by atoms with E-state index in [4.69, 9.17) is 17.2 Å². The summed E-state index contributed by atoms with van der Waals surface area (Å²) in [5.41, 5.74) is 28.9. The summed E-state index contributed by atoms with van der Waals surface area (Å²) in [6.07, 6.45) is 27.2. The molecule has 58 heavy (non-hydrogen) atoms. The fourth-order valence-corrected chi connectivity index (χ4v) is 4.61. The molecule has 0 aromatic heterocycles. The van der Waals surface area contributed by atoms with Gasteiger partial charge in [-0.3, -0.25) is 5.01 Å². The minimum Gasteiger partial charge on any atom is -0.703 e. The van der Waals surface area contributed by atoms with Gasteiger partial charge in [-0.15, -0.1) is 25.8 Å². The summed E-state index contributed by atoms with van der Waals surface area (Å²) in [4.78, 5) is 0. The van der Waals surface area contributed by atoms with Gasteiger partial charge in [-0.25, -0.2) is 0 Å². The van der Waals surface area contributed by atoms with Crippen LogP contribution >= 0.6 is 0 Å². The molecule has 1 aliphatic rings. The van der Waals surface area contributed by atoms with Crippen LogP contribution in [-0.4, -0.2) is 24.3 Å². The van der Waals surface area contributed by atoms with Crippen molar-refractivity contribution in [2.75, 3.05) is 13.1 Å². The maximum Gasteiger partial charge on any atom is 0.0477 e. The zero-order valence-corrected chi connectivity index (χ0v) is 42.4. The molecule has 1 radical (unpaired) electrons. The maximum atomic E-state index is 8.09. The van der Waals surface area contributed by atoms with E-state index in [0.717, 1.165) is 65.4 Å². The molecule has 1 aromatic carbocycles. The molecule has 327 valence electrons. The first-order valence-corrected chi connectivity index (χ1v) is 21.5. The Morgan fingerprint density at radius 1 is 0.948 bits per heavy atom. The number of benzene rings is 1. The quantitative estimate of drug-likeness (QED) is 0.0523. The van der Waals surface area contributed by atoms with Crippen molar-refractivity contribution in [1.82, 2.24) is 5.01 Å². The van der Waals surface area contributed by atoms with E-state index in [1.807, 2.05) is 37.1 Å². The van der Waals surface area contributed by atoms with Crippen LogP contribution in [0.15, 0.2) is 133 Å². The molecule has 6 heteroatoms. The van der Waals surface area contributed by atoms with Gasteiger partial charge in [0.2, 0.25) is 0 Å². The molecule has 0 saturated carbocycles. The van der Waals surface area contributed by atoms with Crippen LogP contribution < -0.4 is 5.73 Å². The van der Waals surface area contributed by atoms with Crippen molar-refractivity contribution in [2.45, 2.75) is 153 Å². The van der Waals surface area contributed by atoms with Crippen molar-refractivity contribution in [2.24, 2.45) is 22.7 Å². The smallest absolute Gasteiger partial charge is 0.0477 e. The predicted molar refractivity (Wildman–Crippen MR) is 264 cm³/mol. The molecular formula is C52H89N5Y-2. The zero-order valence-electron chi connectivity index (χ0n) is 39.6. The monoisotopic (exact) mass is 873 g/mol. The van der Waals surface area contributed by atoms with Crippen molar-refractivity contribution >= 4 is 11.8 Å². The number of hydrogen-bond donors (Lipinski definition) is 1. The van der Waals surface area contributed by atoms with Crippen LogP contribution in [0.5, 0.6) is 0 Å². The standard InChI is InChI=1S/C20H24N.C14H22N3.C9H21N.C4H10.C3H8.C2H4.Y/c1-5-20(21)18-8-6-7-17(13-18)19-12-11-15(3)14(2)9-10-16(19)4;1-6-13(4)9-10-16-17(12(2)3)11-7-8-14(5)15;1-2-3-4-5-6-7-8-9-10;1-4(2)3;1-3-2;1-2;/h6-14,20-21H,4-5H2,1-3H3;6,9-10,15H,1-2,5,7-8,11H2,3-4H3;2-10H2,1H3;4H,1-3H3;3H2,1-2H3;1-2H2;/q2*-1;;;;;/b10-9-,15-11-,19-12+;13-9-,16-10-;;;;;. The average molecular weight is 873 g/mol. The Morgan fingerprint density at radius 2 is 1.50 bits per heavy atom. The molecule has 2 atom stereocenters. The Labute approximate surface area is 386 Å². The zero-order chi connectivity index (χ0) is 44.6. The Bertz CT molecular complexity index is 1340. The number of allylic oxidation sites excluding steroid dienone is 12. The summed E-state index contributed by atoms with van der Waals surface area (Å²) in [5, 5.41) is 6.13. The van der Waals surface area contributed by atoms with Crippen LogP contribution in [-0.2, 0) is 32.7 Å². The molecule has 0 heterocycles. The van der Waals surface area contributed by atoms with Crippen LogP contribution in [0, 0.1) is 11.8 Å². The number of rotatable bonds is 18. The first kappa shape index (κ1) is 64.3. The van der Waals surface area contributed by atoms with E-state index in [2.05, 4.69) is 143 Å². The van der Waals surface area contributed by atoms with Crippen LogP contribution in [0.2, 0.25) is 0 Å². The fraction of sp³-hybridized carbons (Fsp3) is 0.519. The van der Waals surface area contributed by atoms with E-state index in [1.54, 1.807) is 12.3 Å². The van der Waals surface area contributed by atoms with E-state index >= 15 is 0 Å². The molecule has 0 spiro atoms. The third-order valence-corrected chi connectivity index (χ3v) is 8.13. The molecule has 0 bridgehead atoms. The summed E-state index contributed by atoms with van der Waals surface area (Å²) < 4.78 is 0. The Balaban J connectivity index is -0.000000227. The minimum atomic E-state index is -0.153. The Kier molecular flexibility index (Phi) is 50.2. The Hall–Kier alpha value is -2.83. The van der Waals surface area contributed by atoms with Crippen LogP contribution in [0.25, 0.3) is 17.0 Å². The van der Waals surface area contributed by atoms with Gasteiger partial charge >= 0.3 is 0 Å². The van der Waals surface area contributed by atoms with Gasteiger partial charge in [0, 0.05) is 51.2 Å². The molecule has 0 aliphatic heterocycles. The topological polar surface area (TPSA) is 89.2 Å². The molecule has 0 saturated heterocycles. The third kappa shape index (κ3) is 40.0. The van der Waals surface area contributed by atoms with Crippen LogP contribution in [0.4, 0.5) is 0 Å². The molecule has 0 amide bonds. The van der Waals surface area contributed by atoms with E-state index in [9.17, 15) is 0 Å². The SMILES string of the molecule is C=C.C=C/C(C)=C\C=N/N(CCCC(=C)[NH-])C(=C)C.C=C1/C=C\C(C)/C(C)=C\C=C/1c1cccc(C([NH-])CC)c1.CC(C)C.CCC.CCCCCCCCCN.[Y]. The van der Waals surface area contributed by atoms with Crippen molar-refractivity contribution in [3.8, 4) is 0 Å². The van der Waals surface area contributed by atoms with Crippen LogP contribution in [0.3, 0.4) is 0 Å². The van der Waals surface area contributed by atoms with Gasteiger partial charge < -0.3 is 17.2 Å². The van der Waals surface area contributed by atoms with E-state index < -0.39 is 0 Å². The van der Waals surface area contributed by atoms with Gasteiger partial charge in [-0.2, -0.15) is 10.8 Å². The molecule has 0 fully saturated rings. The first-order valence-electron chi connectivity index (χ1n) is 21.5. The second-order valence-corrected chi connectivity index (χ2v) is 15.0. The first-order chi connectivity index (χ1) is 27.1. The van der Waals surface area contributed by atoms with Crippen molar-refractivity contribution in [3.63, 3.8) is 0 Å². The molecule has 1 aromatic rings. The molecule has 2 rings (SSSR count). The van der Waals surface area contributed by atoms with Gasteiger partial charge in [0.15, 0.2) is 0 Å². The molecular weight excluding hydrogens is 784 g/mol. The minimum absolute atomic E-state index is 0. The maximum absolute atomic E-state index is 8.09. The molecule has 2 unspecified atom stereocenters.